The molecule has 1 saturated heterocycles. The van der Waals surface area contributed by atoms with Crippen LogP contribution in [0.5, 0.6) is 0 Å². The highest BCUT2D eigenvalue weighted by Crippen LogP contribution is 2.28. The zero-order valence-corrected chi connectivity index (χ0v) is 21.8. The Labute approximate surface area is 212 Å². The number of carbonyl (C=O) groups is 3. The van der Waals surface area contributed by atoms with E-state index < -0.39 is 12.1 Å². The first-order chi connectivity index (χ1) is 16.2. The predicted octanol–water partition coefficient (Wildman–Crippen LogP) is 5.17. The fraction of sp³-hybridized carbons (Fsp3) is 0.640. The summed E-state index contributed by atoms with van der Waals surface area (Å²) >= 11 is 12.0. The SMILES string of the molecule is CCC(C)C(NC(=O)Nc1ccc(Cl)c(Cl)c1)C(=O)N1CCN(C(=O)C2CCCCC2)C(C)C1. The molecule has 9 heteroatoms. The Morgan fingerprint density at radius 3 is 2.41 bits per heavy atom. The third-order valence-electron chi connectivity index (χ3n) is 7.12. The van der Waals surface area contributed by atoms with E-state index in [1.165, 1.54) is 6.42 Å². The van der Waals surface area contributed by atoms with Gasteiger partial charge in [0, 0.05) is 37.3 Å². The molecule has 3 atom stereocenters. The van der Waals surface area contributed by atoms with E-state index in [1.807, 2.05) is 25.7 Å². The number of carbonyl (C=O) groups excluding carboxylic acids is 3. The summed E-state index contributed by atoms with van der Waals surface area (Å²) in [6, 6.07) is 3.63. The van der Waals surface area contributed by atoms with Crippen molar-refractivity contribution in [3.8, 4) is 0 Å². The van der Waals surface area contributed by atoms with E-state index >= 15 is 0 Å². The van der Waals surface area contributed by atoms with Crippen molar-refractivity contribution in [2.45, 2.75) is 71.4 Å². The summed E-state index contributed by atoms with van der Waals surface area (Å²) in [7, 11) is 0. The van der Waals surface area contributed by atoms with Gasteiger partial charge in [0.05, 0.1) is 10.0 Å². The molecule has 2 N–H and O–H groups in total. The lowest BCUT2D eigenvalue weighted by Crippen LogP contribution is -2.61. The van der Waals surface area contributed by atoms with E-state index in [-0.39, 0.29) is 29.7 Å². The summed E-state index contributed by atoms with van der Waals surface area (Å²) in [5.41, 5.74) is 0.491. The highest BCUT2D eigenvalue weighted by Gasteiger charge is 2.37. The highest BCUT2D eigenvalue weighted by molar-refractivity contribution is 6.42. The van der Waals surface area contributed by atoms with Gasteiger partial charge >= 0.3 is 6.03 Å². The van der Waals surface area contributed by atoms with Crippen LogP contribution < -0.4 is 10.6 Å². The first-order valence-electron chi connectivity index (χ1n) is 12.3. The molecule has 1 heterocycles. The molecular weight excluding hydrogens is 475 g/mol. The Balaban J connectivity index is 1.61. The maximum absolute atomic E-state index is 13.5. The van der Waals surface area contributed by atoms with Crippen molar-refractivity contribution in [1.82, 2.24) is 15.1 Å². The molecular formula is C25H36Cl2N4O3. The molecule has 0 spiro atoms. The molecule has 1 aromatic carbocycles. The second kappa shape index (κ2) is 12.1. The van der Waals surface area contributed by atoms with Crippen LogP contribution in [0.15, 0.2) is 18.2 Å². The van der Waals surface area contributed by atoms with Gasteiger partial charge in [-0.2, -0.15) is 0 Å². The molecule has 3 rings (SSSR count). The minimum Gasteiger partial charge on any atom is -0.337 e. The summed E-state index contributed by atoms with van der Waals surface area (Å²) in [5.74, 6) is 0.189. The van der Waals surface area contributed by atoms with Crippen molar-refractivity contribution in [3.63, 3.8) is 0 Å². The molecule has 188 valence electrons. The van der Waals surface area contributed by atoms with Crippen LogP contribution in [0.4, 0.5) is 10.5 Å². The number of anilines is 1. The Hall–Kier alpha value is -1.99. The molecule has 7 nitrogen and oxygen atoms in total. The summed E-state index contributed by atoms with van der Waals surface area (Å²) in [6.45, 7) is 7.43. The van der Waals surface area contributed by atoms with Gasteiger partial charge in [-0.05, 0) is 43.9 Å². The van der Waals surface area contributed by atoms with Gasteiger partial charge < -0.3 is 20.4 Å². The van der Waals surface area contributed by atoms with Gasteiger partial charge in [0.25, 0.3) is 0 Å². The lowest BCUT2D eigenvalue weighted by atomic mass is 9.87. The van der Waals surface area contributed by atoms with E-state index in [0.717, 1.165) is 32.1 Å². The molecule has 1 aliphatic carbocycles. The third kappa shape index (κ3) is 6.57. The normalized spacial score (nSPS) is 21.0. The second-order valence-electron chi connectivity index (χ2n) is 9.59. The molecule has 1 saturated carbocycles. The van der Waals surface area contributed by atoms with E-state index in [0.29, 0.717) is 35.4 Å². The van der Waals surface area contributed by atoms with E-state index in [1.54, 1.807) is 23.1 Å². The highest BCUT2D eigenvalue weighted by atomic mass is 35.5. The predicted molar refractivity (Wildman–Crippen MR) is 136 cm³/mol. The molecule has 3 unspecified atom stereocenters. The average molecular weight is 511 g/mol. The van der Waals surface area contributed by atoms with E-state index in [4.69, 9.17) is 23.2 Å². The number of halogens is 2. The number of hydrogen-bond donors (Lipinski definition) is 2. The monoisotopic (exact) mass is 510 g/mol. The van der Waals surface area contributed by atoms with Crippen LogP contribution in [-0.4, -0.2) is 59.4 Å². The van der Waals surface area contributed by atoms with Gasteiger partial charge in [-0.1, -0.05) is 62.7 Å². The van der Waals surface area contributed by atoms with Crippen molar-refractivity contribution < 1.29 is 14.4 Å². The molecule has 0 aromatic heterocycles. The van der Waals surface area contributed by atoms with Crippen molar-refractivity contribution in [2.24, 2.45) is 11.8 Å². The number of amides is 4. The fourth-order valence-electron chi connectivity index (χ4n) is 4.83. The summed E-state index contributed by atoms with van der Waals surface area (Å²) in [6.07, 6.45) is 6.13. The molecule has 2 aliphatic rings. The lowest BCUT2D eigenvalue weighted by Gasteiger charge is -2.43. The number of piperazine rings is 1. The average Bonchev–Trinajstić information content (AvgIpc) is 2.84. The van der Waals surface area contributed by atoms with Crippen molar-refractivity contribution in [1.29, 1.82) is 0 Å². The van der Waals surface area contributed by atoms with Gasteiger partial charge in [0.1, 0.15) is 6.04 Å². The van der Waals surface area contributed by atoms with Crippen LogP contribution >= 0.6 is 23.2 Å². The number of rotatable bonds is 6. The largest absolute Gasteiger partial charge is 0.337 e. The van der Waals surface area contributed by atoms with Crippen molar-refractivity contribution in [2.75, 3.05) is 25.0 Å². The molecule has 0 radical (unpaired) electrons. The third-order valence-corrected chi connectivity index (χ3v) is 7.86. The zero-order valence-electron chi connectivity index (χ0n) is 20.3. The van der Waals surface area contributed by atoms with Crippen LogP contribution in [0.25, 0.3) is 0 Å². The molecule has 34 heavy (non-hydrogen) atoms. The molecule has 1 aromatic rings. The minimum atomic E-state index is -0.666. The summed E-state index contributed by atoms with van der Waals surface area (Å²) in [5, 5.41) is 6.31. The Morgan fingerprint density at radius 1 is 1.09 bits per heavy atom. The first kappa shape index (κ1) is 26.6. The van der Waals surface area contributed by atoms with Crippen LogP contribution in [0, 0.1) is 11.8 Å². The topological polar surface area (TPSA) is 81.8 Å². The molecule has 0 bridgehead atoms. The summed E-state index contributed by atoms with van der Waals surface area (Å²) in [4.78, 5) is 42.9. The minimum absolute atomic E-state index is 0.0465. The Kier molecular flexibility index (Phi) is 9.48. The fourth-order valence-corrected chi connectivity index (χ4v) is 5.13. The zero-order chi connectivity index (χ0) is 24.8. The van der Waals surface area contributed by atoms with Crippen LogP contribution in [0.1, 0.15) is 59.3 Å². The van der Waals surface area contributed by atoms with Crippen molar-refractivity contribution in [3.05, 3.63) is 28.2 Å². The van der Waals surface area contributed by atoms with E-state index in [2.05, 4.69) is 10.6 Å². The number of hydrogen-bond acceptors (Lipinski definition) is 3. The standard InChI is InChI=1S/C25H36Cl2N4O3/c1-4-16(2)22(29-25(34)28-19-10-11-20(26)21(27)14-19)24(33)30-12-13-31(17(3)15-30)23(32)18-8-6-5-7-9-18/h10-11,14,16-18,22H,4-9,12-13,15H2,1-3H3,(H2,28,29,34). The Morgan fingerprint density at radius 2 is 1.79 bits per heavy atom. The van der Waals surface area contributed by atoms with Crippen LogP contribution in [0.3, 0.4) is 0 Å². The number of nitrogens with one attached hydrogen (secondary N) is 2. The van der Waals surface area contributed by atoms with E-state index in [9.17, 15) is 14.4 Å². The second-order valence-corrected chi connectivity index (χ2v) is 10.4. The van der Waals surface area contributed by atoms with Crippen molar-refractivity contribution >= 4 is 46.7 Å². The molecule has 4 amide bonds. The van der Waals surface area contributed by atoms with Crippen LogP contribution in [-0.2, 0) is 9.59 Å². The van der Waals surface area contributed by atoms with Gasteiger partial charge in [-0.3, -0.25) is 9.59 Å². The number of nitrogens with zero attached hydrogens (tertiary/aromatic N) is 2. The van der Waals surface area contributed by atoms with Gasteiger partial charge in [0.2, 0.25) is 11.8 Å². The maximum Gasteiger partial charge on any atom is 0.319 e. The quantitative estimate of drug-likeness (QED) is 0.553. The molecule has 1 aliphatic heterocycles. The van der Waals surface area contributed by atoms with Gasteiger partial charge in [0.15, 0.2) is 0 Å². The smallest absolute Gasteiger partial charge is 0.319 e. The number of urea groups is 1. The number of benzene rings is 1. The summed E-state index contributed by atoms with van der Waals surface area (Å²) < 4.78 is 0. The van der Waals surface area contributed by atoms with Gasteiger partial charge in [-0.25, -0.2) is 4.79 Å². The van der Waals surface area contributed by atoms with Gasteiger partial charge in [-0.15, -0.1) is 0 Å². The Bertz CT molecular complexity index is 891. The lowest BCUT2D eigenvalue weighted by molar-refractivity contribution is -0.147. The van der Waals surface area contributed by atoms with Crippen LogP contribution in [0.2, 0.25) is 10.0 Å². The first-order valence-corrected chi connectivity index (χ1v) is 13.1. The maximum atomic E-state index is 13.5. The molecule has 2 fully saturated rings.